The molecule has 0 saturated carbocycles. The second-order valence-electron chi connectivity index (χ2n) is 3.10. The van der Waals surface area contributed by atoms with Crippen LogP contribution in [0.2, 0.25) is 10.0 Å². The van der Waals surface area contributed by atoms with E-state index >= 15 is 0 Å². The molecule has 0 aliphatic rings. The lowest BCUT2D eigenvalue weighted by Gasteiger charge is -2.17. The number of halogens is 5. The molecule has 0 aliphatic heterocycles. The van der Waals surface area contributed by atoms with Gasteiger partial charge in [-0.1, -0.05) is 23.2 Å². The van der Waals surface area contributed by atoms with Gasteiger partial charge in [0.1, 0.15) is 0 Å². The second kappa shape index (κ2) is 5.38. The maximum atomic E-state index is 12.2. The van der Waals surface area contributed by atoms with Crippen LogP contribution in [0.5, 0.6) is 0 Å². The van der Waals surface area contributed by atoms with Crippen LogP contribution >= 0.6 is 35.0 Å². The van der Waals surface area contributed by atoms with Crippen molar-refractivity contribution in [3.8, 4) is 0 Å². The van der Waals surface area contributed by atoms with Gasteiger partial charge in [0, 0.05) is 4.90 Å². The fraction of sp³-hybridized carbons (Fsp3) is 0.111. The monoisotopic (exact) mass is 285 g/mol. The molecule has 1 aromatic rings. The van der Waals surface area contributed by atoms with E-state index in [9.17, 15) is 12.9 Å². The van der Waals surface area contributed by atoms with Gasteiger partial charge in [0.05, 0.1) is 10.0 Å². The predicted molar refractivity (Wildman–Crippen MR) is 65.4 cm³/mol. The van der Waals surface area contributed by atoms with Crippen LogP contribution in [-0.2, 0) is 0 Å². The molecule has 0 atom stereocenters. The molecule has 0 nitrogen and oxygen atoms in total. The molecule has 0 saturated heterocycles. The van der Waals surface area contributed by atoms with E-state index in [2.05, 4.69) is 6.58 Å². The molecule has 7 heteroatoms. The van der Waals surface area contributed by atoms with Crippen LogP contribution in [0.1, 0.15) is 0 Å². The molecule has 0 amide bonds. The smallest absolute Gasteiger partial charge is 0.445 e. The van der Waals surface area contributed by atoms with Gasteiger partial charge < -0.3 is 12.9 Å². The van der Waals surface area contributed by atoms with Crippen molar-refractivity contribution in [2.24, 2.45) is 0 Å². The van der Waals surface area contributed by atoms with E-state index in [-0.39, 0.29) is 5.75 Å². The third kappa shape index (κ3) is 3.96. The second-order valence-corrected chi connectivity index (χ2v) is 4.96. The van der Waals surface area contributed by atoms with Gasteiger partial charge in [0.15, 0.2) is 0 Å². The molecule has 0 radical (unpaired) electrons. The Hall–Kier alpha value is -0.255. The molecule has 0 unspecified atom stereocenters. The van der Waals surface area contributed by atoms with E-state index in [0.29, 0.717) is 14.9 Å². The van der Waals surface area contributed by atoms with Gasteiger partial charge in [-0.2, -0.15) is 0 Å². The van der Waals surface area contributed by atoms with Gasteiger partial charge in [-0.05, 0) is 24.0 Å². The molecule has 0 heterocycles. The van der Waals surface area contributed by atoms with Crippen molar-refractivity contribution in [3.05, 3.63) is 40.3 Å². The SMILES string of the molecule is C=C(CSc1ccc(Cl)c(Cl)c1)[B-](F)(F)F. The minimum Gasteiger partial charge on any atom is -0.445 e. The molecule has 1 aromatic carbocycles. The van der Waals surface area contributed by atoms with Crippen LogP contribution in [-0.4, -0.2) is 12.7 Å². The van der Waals surface area contributed by atoms with Crippen molar-refractivity contribution >= 4 is 41.9 Å². The highest BCUT2D eigenvalue weighted by molar-refractivity contribution is 7.99. The first kappa shape index (κ1) is 13.8. The Morgan fingerprint density at radius 2 is 1.88 bits per heavy atom. The lowest BCUT2D eigenvalue weighted by atomic mass is 9.82. The number of hydrogen-bond donors (Lipinski definition) is 0. The summed E-state index contributed by atoms with van der Waals surface area (Å²) in [7, 11) is 0. The van der Waals surface area contributed by atoms with Gasteiger partial charge in [0.2, 0.25) is 0 Å². The van der Waals surface area contributed by atoms with E-state index in [4.69, 9.17) is 23.2 Å². The van der Waals surface area contributed by atoms with E-state index in [1.165, 1.54) is 6.07 Å². The van der Waals surface area contributed by atoms with Gasteiger partial charge in [0.25, 0.3) is 0 Å². The van der Waals surface area contributed by atoms with Crippen LogP contribution in [0.4, 0.5) is 12.9 Å². The van der Waals surface area contributed by atoms with Crippen molar-refractivity contribution in [3.63, 3.8) is 0 Å². The van der Waals surface area contributed by atoms with Gasteiger partial charge in [-0.3, -0.25) is 0 Å². The van der Waals surface area contributed by atoms with Crippen molar-refractivity contribution in [1.82, 2.24) is 0 Å². The molecule has 0 spiro atoms. The standard InChI is InChI=1S/C9H7BCl2F3S/c1-6(10(13,14)15)5-16-7-2-3-8(11)9(12)4-7/h2-4H,1,5H2/q-1. The maximum Gasteiger partial charge on any atom is 0.505 e. The summed E-state index contributed by atoms with van der Waals surface area (Å²) in [4.78, 5) is 0.635. The van der Waals surface area contributed by atoms with Gasteiger partial charge in [-0.15, -0.1) is 23.8 Å². The van der Waals surface area contributed by atoms with Crippen molar-refractivity contribution in [2.75, 3.05) is 5.75 Å². The Labute approximate surface area is 106 Å². The zero-order chi connectivity index (χ0) is 12.3. The first-order chi connectivity index (χ1) is 7.30. The van der Waals surface area contributed by atoms with E-state index < -0.39 is 12.4 Å². The normalized spacial score (nSPS) is 11.6. The predicted octanol–water partition coefficient (Wildman–Crippen LogP) is 5.03. The summed E-state index contributed by atoms with van der Waals surface area (Å²) in [6.45, 7) is -1.96. The zero-order valence-electron chi connectivity index (χ0n) is 8.02. The van der Waals surface area contributed by atoms with Crippen molar-refractivity contribution < 1.29 is 12.9 Å². The lowest BCUT2D eigenvalue weighted by Crippen LogP contribution is -2.20. The topological polar surface area (TPSA) is 0 Å². The van der Waals surface area contributed by atoms with Crippen LogP contribution < -0.4 is 0 Å². The molecular formula is C9H7BCl2F3S-. The van der Waals surface area contributed by atoms with Gasteiger partial charge in [-0.25, -0.2) is 0 Å². The van der Waals surface area contributed by atoms with E-state index in [1.54, 1.807) is 12.1 Å². The largest absolute Gasteiger partial charge is 0.505 e. The highest BCUT2D eigenvalue weighted by Crippen LogP contribution is 2.30. The van der Waals surface area contributed by atoms with Crippen LogP contribution in [0.15, 0.2) is 35.1 Å². The summed E-state index contributed by atoms with van der Waals surface area (Å²) in [5, 5.41) is 0.708. The lowest BCUT2D eigenvalue weighted by molar-refractivity contribution is 0.491. The quantitative estimate of drug-likeness (QED) is 0.552. The fourth-order valence-corrected chi connectivity index (χ4v) is 2.11. The third-order valence-corrected chi connectivity index (χ3v) is 3.62. The fourth-order valence-electron chi connectivity index (χ4n) is 0.837. The Kier molecular flexibility index (Phi) is 4.65. The van der Waals surface area contributed by atoms with Crippen molar-refractivity contribution in [2.45, 2.75) is 4.90 Å². The molecular weight excluding hydrogens is 279 g/mol. The number of benzene rings is 1. The molecule has 88 valence electrons. The summed E-state index contributed by atoms with van der Waals surface area (Å²) in [6, 6.07) is 4.70. The Bertz CT molecular complexity index is 406. The maximum absolute atomic E-state index is 12.2. The number of thioether (sulfide) groups is 1. The van der Waals surface area contributed by atoms with E-state index in [0.717, 1.165) is 11.8 Å². The molecule has 1 rings (SSSR count). The summed E-state index contributed by atoms with van der Waals surface area (Å²) >= 11 is 12.4. The van der Waals surface area contributed by atoms with Crippen LogP contribution in [0.3, 0.4) is 0 Å². The third-order valence-electron chi connectivity index (χ3n) is 1.78. The molecule has 0 N–H and O–H groups in total. The first-order valence-corrected chi connectivity index (χ1v) is 6.00. The Balaban J connectivity index is 2.62. The summed E-state index contributed by atoms with van der Waals surface area (Å²) in [5.41, 5.74) is -0.712. The molecule has 16 heavy (non-hydrogen) atoms. The highest BCUT2D eigenvalue weighted by atomic mass is 35.5. The summed E-state index contributed by atoms with van der Waals surface area (Å²) in [5.74, 6) is -0.193. The zero-order valence-corrected chi connectivity index (χ0v) is 10.4. The van der Waals surface area contributed by atoms with Crippen molar-refractivity contribution in [1.29, 1.82) is 0 Å². The highest BCUT2D eigenvalue weighted by Gasteiger charge is 2.26. The molecule has 0 aliphatic carbocycles. The minimum atomic E-state index is -4.96. The van der Waals surface area contributed by atoms with Crippen LogP contribution in [0, 0.1) is 0 Å². The van der Waals surface area contributed by atoms with Crippen LogP contribution in [0.25, 0.3) is 0 Å². The Morgan fingerprint density at radius 1 is 1.25 bits per heavy atom. The number of hydrogen-bond acceptors (Lipinski definition) is 1. The minimum absolute atomic E-state index is 0.193. The average Bonchev–Trinajstić information content (AvgIpc) is 2.18. The van der Waals surface area contributed by atoms with E-state index in [1.807, 2.05) is 0 Å². The molecule has 0 fully saturated rings. The van der Waals surface area contributed by atoms with Gasteiger partial charge >= 0.3 is 6.98 Å². The first-order valence-electron chi connectivity index (χ1n) is 4.26. The molecule has 0 bridgehead atoms. The Morgan fingerprint density at radius 3 is 2.38 bits per heavy atom. The average molecular weight is 286 g/mol. The summed E-state index contributed by atoms with van der Waals surface area (Å²) < 4.78 is 36.6. The molecule has 0 aromatic heterocycles. The number of rotatable bonds is 4. The summed E-state index contributed by atoms with van der Waals surface area (Å²) in [6.07, 6.45) is 0.